The highest BCUT2D eigenvalue weighted by atomic mass is 16.6. The Kier molecular flexibility index (Phi) is 5.30. The predicted octanol–water partition coefficient (Wildman–Crippen LogP) is 2.38. The van der Waals surface area contributed by atoms with E-state index in [9.17, 15) is 9.90 Å². The number of hydrogen-bond acceptors (Lipinski definition) is 4. The second-order valence-electron chi connectivity index (χ2n) is 7.10. The maximum Gasteiger partial charge on any atom is 0.413 e. The van der Waals surface area contributed by atoms with Crippen LogP contribution in [0.5, 0.6) is 0 Å². The van der Waals surface area contributed by atoms with Crippen molar-refractivity contribution in [2.75, 3.05) is 6.61 Å². The quantitative estimate of drug-likeness (QED) is 0.755. The molecule has 0 aliphatic carbocycles. The molecule has 1 heterocycles. The highest BCUT2D eigenvalue weighted by Crippen LogP contribution is 2.29. The number of aliphatic hydroxyl groups excluding tert-OH is 1. The molecular formula is C16H27NO4. The van der Waals surface area contributed by atoms with Crippen LogP contribution in [0.2, 0.25) is 0 Å². The number of aliphatic hydroxyl groups is 1. The molecule has 120 valence electrons. The first-order valence-corrected chi connectivity index (χ1v) is 7.29. The standard InChI is InChI=1S/C16H27NO4/c1-11(2)13(18)9-8-12-10-20-16(6,7)17(12)14(19)21-15(3,4)5/h11-13,18H,10H2,1-7H3/t12-,13?/m1/s1. The maximum absolute atomic E-state index is 12.4. The number of hydrogen-bond donors (Lipinski definition) is 1. The lowest BCUT2D eigenvalue weighted by Gasteiger charge is -2.33. The lowest BCUT2D eigenvalue weighted by molar-refractivity contribution is -0.0608. The Morgan fingerprint density at radius 2 is 2.00 bits per heavy atom. The van der Waals surface area contributed by atoms with Gasteiger partial charge in [0.25, 0.3) is 0 Å². The van der Waals surface area contributed by atoms with Crippen LogP contribution in [0.3, 0.4) is 0 Å². The monoisotopic (exact) mass is 297 g/mol. The van der Waals surface area contributed by atoms with Gasteiger partial charge in [-0.1, -0.05) is 25.7 Å². The summed E-state index contributed by atoms with van der Waals surface area (Å²) in [6.45, 7) is 13.1. The molecule has 0 aromatic heterocycles. The molecule has 5 heteroatoms. The van der Waals surface area contributed by atoms with Crippen LogP contribution in [0.15, 0.2) is 0 Å². The molecule has 0 aromatic rings. The third-order valence-corrected chi connectivity index (χ3v) is 3.11. The molecule has 1 amide bonds. The van der Waals surface area contributed by atoms with Crippen LogP contribution in [-0.4, -0.2) is 46.2 Å². The van der Waals surface area contributed by atoms with E-state index in [1.807, 2.05) is 34.6 Å². The molecule has 5 nitrogen and oxygen atoms in total. The molecule has 1 fully saturated rings. The topological polar surface area (TPSA) is 59.0 Å². The summed E-state index contributed by atoms with van der Waals surface area (Å²) in [4.78, 5) is 13.9. The van der Waals surface area contributed by atoms with Gasteiger partial charge in [0.1, 0.15) is 23.5 Å². The SMILES string of the molecule is CC(C)C(O)C#C[C@@H]1COC(C)(C)N1C(=O)OC(C)(C)C. The van der Waals surface area contributed by atoms with Crippen LogP contribution in [0.4, 0.5) is 4.79 Å². The molecule has 1 unspecified atom stereocenters. The Morgan fingerprint density at radius 3 is 2.48 bits per heavy atom. The second-order valence-corrected chi connectivity index (χ2v) is 7.10. The van der Waals surface area contributed by atoms with Crippen LogP contribution in [0.1, 0.15) is 48.5 Å². The highest BCUT2D eigenvalue weighted by molar-refractivity contribution is 5.70. The van der Waals surface area contributed by atoms with Gasteiger partial charge >= 0.3 is 6.09 Å². The molecule has 0 aromatic carbocycles. The molecule has 0 spiro atoms. The summed E-state index contributed by atoms with van der Waals surface area (Å²) >= 11 is 0. The molecule has 0 bridgehead atoms. The van der Waals surface area contributed by atoms with E-state index in [4.69, 9.17) is 9.47 Å². The Bertz CT molecular complexity index is 439. The van der Waals surface area contributed by atoms with Crippen molar-refractivity contribution in [1.82, 2.24) is 4.90 Å². The summed E-state index contributed by atoms with van der Waals surface area (Å²) < 4.78 is 11.1. The zero-order valence-electron chi connectivity index (χ0n) is 14.1. The highest BCUT2D eigenvalue weighted by Gasteiger charge is 2.45. The number of amides is 1. The molecule has 21 heavy (non-hydrogen) atoms. The Hall–Kier alpha value is -1.25. The van der Waals surface area contributed by atoms with Crippen molar-refractivity contribution in [2.45, 2.75) is 71.9 Å². The summed E-state index contributed by atoms with van der Waals surface area (Å²) in [6.07, 6.45) is -1.17. The Balaban J connectivity index is 2.92. The van der Waals surface area contributed by atoms with E-state index in [1.54, 1.807) is 13.8 Å². The first-order valence-electron chi connectivity index (χ1n) is 7.29. The van der Waals surface area contributed by atoms with E-state index in [1.165, 1.54) is 4.90 Å². The van der Waals surface area contributed by atoms with Crippen molar-refractivity contribution in [2.24, 2.45) is 5.92 Å². The van der Waals surface area contributed by atoms with Crippen LogP contribution in [0.25, 0.3) is 0 Å². The third-order valence-electron chi connectivity index (χ3n) is 3.11. The van der Waals surface area contributed by atoms with Gasteiger partial charge in [-0.3, -0.25) is 4.90 Å². The zero-order valence-corrected chi connectivity index (χ0v) is 14.1. The molecule has 1 aliphatic rings. The summed E-state index contributed by atoms with van der Waals surface area (Å²) in [6, 6.07) is -0.414. The second kappa shape index (κ2) is 6.25. The maximum atomic E-state index is 12.4. The van der Waals surface area contributed by atoms with Gasteiger partial charge in [-0.2, -0.15) is 0 Å². The van der Waals surface area contributed by atoms with Gasteiger partial charge in [0.15, 0.2) is 0 Å². The van der Waals surface area contributed by atoms with E-state index in [2.05, 4.69) is 11.8 Å². The molecule has 0 saturated carbocycles. The molecule has 2 atom stereocenters. The summed E-state index contributed by atoms with van der Waals surface area (Å²) in [7, 11) is 0. The fraction of sp³-hybridized carbons (Fsp3) is 0.812. The minimum Gasteiger partial charge on any atom is -0.444 e. The van der Waals surface area contributed by atoms with Crippen molar-refractivity contribution in [3.8, 4) is 11.8 Å². The minimum absolute atomic E-state index is 0.0443. The fourth-order valence-corrected chi connectivity index (χ4v) is 1.91. The lowest BCUT2D eigenvalue weighted by Crippen LogP contribution is -2.49. The van der Waals surface area contributed by atoms with Gasteiger partial charge in [0.2, 0.25) is 0 Å². The minimum atomic E-state index is -0.773. The molecule has 1 saturated heterocycles. The Labute approximate surface area is 127 Å². The summed E-state index contributed by atoms with van der Waals surface area (Å²) in [5.41, 5.74) is -1.35. The van der Waals surface area contributed by atoms with Gasteiger partial charge in [0, 0.05) is 0 Å². The predicted molar refractivity (Wildman–Crippen MR) is 80.5 cm³/mol. The van der Waals surface area contributed by atoms with Gasteiger partial charge in [-0.15, -0.1) is 0 Å². The van der Waals surface area contributed by atoms with E-state index in [0.29, 0.717) is 6.61 Å². The largest absolute Gasteiger partial charge is 0.444 e. The molecular weight excluding hydrogens is 270 g/mol. The van der Waals surface area contributed by atoms with Crippen molar-refractivity contribution in [1.29, 1.82) is 0 Å². The number of nitrogens with zero attached hydrogens (tertiary/aromatic N) is 1. The van der Waals surface area contributed by atoms with Crippen molar-refractivity contribution >= 4 is 6.09 Å². The molecule has 0 radical (unpaired) electrons. The van der Waals surface area contributed by atoms with Crippen molar-refractivity contribution in [3.63, 3.8) is 0 Å². The summed E-state index contributed by atoms with van der Waals surface area (Å²) in [5.74, 6) is 5.77. The third kappa shape index (κ3) is 4.90. The average molecular weight is 297 g/mol. The fourth-order valence-electron chi connectivity index (χ4n) is 1.91. The summed E-state index contributed by atoms with van der Waals surface area (Å²) in [5, 5.41) is 9.78. The van der Waals surface area contributed by atoms with Crippen LogP contribution in [-0.2, 0) is 9.47 Å². The first-order chi connectivity index (χ1) is 9.44. The van der Waals surface area contributed by atoms with Gasteiger partial charge < -0.3 is 14.6 Å². The van der Waals surface area contributed by atoms with Gasteiger partial charge in [-0.25, -0.2) is 4.79 Å². The van der Waals surface area contributed by atoms with Gasteiger partial charge in [-0.05, 0) is 40.5 Å². The molecule has 1 rings (SSSR count). The first kappa shape index (κ1) is 17.8. The molecule has 1 aliphatic heterocycles. The van der Waals surface area contributed by atoms with E-state index in [0.717, 1.165) is 0 Å². The molecule has 1 N–H and O–H groups in total. The smallest absolute Gasteiger partial charge is 0.413 e. The number of rotatable bonds is 1. The van der Waals surface area contributed by atoms with E-state index >= 15 is 0 Å². The number of ether oxygens (including phenoxy) is 2. The van der Waals surface area contributed by atoms with Crippen LogP contribution < -0.4 is 0 Å². The normalized spacial score (nSPS) is 22.7. The number of carbonyl (C=O) groups is 1. The van der Waals surface area contributed by atoms with Crippen molar-refractivity contribution < 1.29 is 19.4 Å². The van der Waals surface area contributed by atoms with Gasteiger partial charge in [0.05, 0.1) is 6.61 Å². The zero-order chi connectivity index (χ0) is 16.4. The van der Waals surface area contributed by atoms with E-state index < -0.39 is 29.6 Å². The average Bonchev–Trinajstić information content (AvgIpc) is 2.58. The lowest BCUT2D eigenvalue weighted by atomic mass is 10.1. The van der Waals surface area contributed by atoms with E-state index in [-0.39, 0.29) is 5.92 Å². The number of carbonyl (C=O) groups excluding carboxylic acids is 1. The van der Waals surface area contributed by atoms with Crippen molar-refractivity contribution in [3.05, 3.63) is 0 Å². The Morgan fingerprint density at radius 1 is 1.43 bits per heavy atom. The van der Waals surface area contributed by atoms with Crippen LogP contribution in [0, 0.1) is 17.8 Å². The van der Waals surface area contributed by atoms with Crippen LogP contribution >= 0.6 is 0 Å².